The van der Waals surface area contributed by atoms with E-state index in [9.17, 15) is 18.4 Å². The molecule has 2 atom stereocenters. The Labute approximate surface area is 169 Å². The minimum absolute atomic E-state index is 0.215. The molecule has 152 valence electrons. The lowest BCUT2D eigenvalue weighted by atomic mass is 10.1. The van der Waals surface area contributed by atoms with E-state index in [0.29, 0.717) is 12.1 Å². The van der Waals surface area contributed by atoms with Crippen molar-refractivity contribution >= 4 is 40.3 Å². The van der Waals surface area contributed by atoms with Gasteiger partial charge in [-0.1, -0.05) is 19.1 Å². The highest BCUT2D eigenvalue weighted by Gasteiger charge is 2.19. The highest BCUT2D eigenvalue weighted by atomic mass is 32.2. The maximum atomic E-state index is 12.2. The molecule has 2 aromatic rings. The normalized spacial score (nSPS) is 12.7. The number of anilines is 1. The van der Waals surface area contributed by atoms with Crippen molar-refractivity contribution < 1.29 is 23.1 Å². The van der Waals surface area contributed by atoms with Gasteiger partial charge in [0.25, 0.3) is 0 Å². The number of carbonyl (C=O) groups is 2. The van der Waals surface area contributed by atoms with Crippen LogP contribution in [0.2, 0.25) is 0 Å². The third-order valence-corrected chi connectivity index (χ3v) is 5.15. The predicted molar refractivity (Wildman–Crippen MR) is 105 cm³/mol. The molecular weight excluding hydrogens is 404 g/mol. The molecule has 0 aliphatic heterocycles. The zero-order valence-corrected chi connectivity index (χ0v) is 17.0. The second-order valence-electron chi connectivity index (χ2n) is 5.73. The number of benzene rings is 1. The van der Waals surface area contributed by atoms with Gasteiger partial charge in [0.1, 0.15) is 11.6 Å². The number of nitrogens with one attached hydrogen (secondary N) is 3. The summed E-state index contributed by atoms with van der Waals surface area (Å²) in [5.74, 6) is -0.372. The van der Waals surface area contributed by atoms with E-state index in [2.05, 4.69) is 25.1 Å². The van der Waals surface area contributed by atoms with Gasteiger partial charge in [-0.3, -0.25) is 9.00 Å². The number of alkyl carbamates (subject to hydrolysis) is 1. The van der Waals surface area contributed by atoms with Crippen molar-refractivity contribution in [3.63, 3.8) is 0 Å². The third kappa shape index (κ3) is 6.91. The first-order chi connectivity index (χ1) is 13.4. The Bertz CT molecular complexity index is 825. The van der Waals surface area contributed by atoms with Crippen molar-refractivity contribution in [3.05, 3.63) is 45.9 Å². The number of nitrogens with zero attached hydrogens (tertiary/aromatic N) is 1. The number of thiazole rings is 1. The third-order valence-electron chi connectivity index (χ3n) is 3.74. The molecule has 1 unspecified atom stereocenters. The Hall–Kier alpha value is -2.50. The second-order valence-corrected chi connectivity index (χ2v) is 7.30. The van der Waals surface area contributed by atoms with E-state index in [1.165, 1.54) is 18.4 Å². The van der Waals surface area contributed by atoms with Gasteiger partial charge in [0.05, 0.1) is 18.8 Å². The molecule has 3 N–H and O–H groups in total. The van der Waals surface area contributed by atoms with Crippen molar-refractivity contribution in [3.8, 4) is 0 Å². The zero-order chi connectivity index (χ0) is 20.5. The van der Waals surface area contributed by atoms with E-state index in [-0.39, 0.29) is 18.5 Å². The molecule has 1 heterocycles. The van der Waals surface area contributed by atoms with Gasteiger partial charge in [-0.2, -0.15) is 0 Å². The largest absolute Gasteiger partial charge is 0.755 e. The van der Waals surface area contributed by atoms with Gasteiger partial charge >= 0.3 is 6.09 Å². The molecule has 0 spiro atoms. The predicted octanol–water partition coefficient (Wildman–Crippen LogP) is 1.67. The van der Waals surface area contributed by atoms with Crippen LogP contribution in [0.15, 0.2) is 29.6 Å². The average Bonchev–Trinajstić information content (AvgIpc) is 3.16. The van der Waals surface area contributed by atoms with Crippen molar-refractivity contribution in [1.29, 1.82) is 0 Å². The van der Waals surface area contributed by atoms with Gasteiger partial charge in [0, 0.05) is 22.3 Å². The molecule has 0 bridgehead atoms. The Morgan fingerprint density at radius 3 is 2.61 bits per heavy atom. The van der Waals surface area contributed by atoms with Crippen LogP contribution in [0, 0.1) is 0 Å². The quantitative estimate of drug-likeness (QED) is 0.524. The number of amides is 2. The smallest absolute Gasteiger partial charge is 0.407 e. The number of ether oxygens (including phenoxy) is 1. The summed E-state index contributed by atoms with van der Waals surface area (Å²) in [5.41, 5.74) is 2.27. The minimum atomic E-state index is -2.39. The number of methoxy groups -OCH3 is 1. The number of hydrogen-bond acceptors (Lipinski definition) is 7. The molecule has 9 nitrogen and oxygen atoms in total. The SMILES string of the molecule is CCc1csc([C@H](Cc2ccc(NS(=O)[O-])cc2)NC(=O)CNC(=O)OC)n1. The van der Waals surface area contributed by atoms with Crippen molar-refractivity contribution in [2.24, 2.45) is 0 Å². The summed E-state index contributed by atoms with van der Waals surface area (Å²) >= 11 is -0.935. The van der Waals surface area contributed by atoms with Crippen LogP contribution < -0.4 is 15.4 Å². The molecule has 2 amide bonds. The number of hydrogen-bond donors (Lipinski definition) is 3. The molecule has 0 fully saturated rings. The fourth-order valence-corrected chi connectivity index (χ4v) is 3.64. The number of rotatable bonds is 9. The first-order valence-electron chi connectivity index (χ1n) is 8.41. The minimum Gasteiger partial charge on any atom is -0.755 e. The molecule has 0 aliphatic carbocycles. The molecule has 1 aromatic heterocycles. The summed E-state index contributed by atoms with van der Waals surface area (Å²) in [5, 5.41) is 7.91. The van der Waals surface area contributed by atoms with Gasteiger partial charge in [0.2, 0.25) is 5.91 Å². The van der Waals surface area contributed by atoms with Crippen LogP contribution in [-0.4, -0.2) is 39.4 Å². The maximum absolute atomic E-state index is 12.2. The van der Waals surface area contributed by atoms with E-state index in [1.54, 1.807) is 24.3 Å². The molecule has 0 saturated carbocycles. The van der Waals surface area contributed by atoms with Crippen molar-refractivity contribution in [2.75, 3.05) is 18.4 Å². The van der Waals surface area contributed by atoms with Gasteiger partial charge in [-0.25, -0.2) is 9.78 Å². The summed E-state index contributed by atoms with van der Waals surface area (Å²) in [7, 11) is 1.22. The van der Waals surface area contributed by atoms with Crippen LogP contribution >= 0.6 is 11.3 Å². The number of carbonyl (C=O) groups excluding carboxylic acids is 2. The standard InChI is InChI=1S/C17H22N4O5S2/c1-3-12-10-27-16(19-12)14(20-15(22)9-18-17(23)26-2)8-11-4-6-13(7-5-11)21-28(24)25/h4-7,10,14,21H,3,8-9H2,1-2H3,(H,18,23)(H,20,22)(H,24,25)/p-1/t14-/m0/s1. The lowest BCUT2D eigenvalue weighted by Crippen LogP contribution is -2.39. The fraction of sp³-hybridized carbons (Fsp3) is 0.353. The Morgan fingerprint density at radius 1 is 1.32 bits per heavy atom. The Balaban J connectivity index is 2.10. The zero-order valence-electron chi connectivity index (χ0n) is 15.4. The van der Waals surface area contributed by atoms with E-state index in [1.807, 2.05) is 12.3 Å². The molecule has 2 rings (SSSR count). The summed E-state index contributed by atoms with van der Waals surface area (Å²) < 4.78 is 28.1. The Morgan fingerprint density at radius 2 is 2.04 bits per heavy atom. The molecule has 1 aromatic carbocycles. The van der Waals surface area contributed by atoms with Crippen molar-refractivity contribution in [1.82, 2.24) is 15.6 Å². The molecular formula is C17H21N4O5S2-. The molecule has 0 aliphatic rings. The van der Waals surface area contributed by atoms with Crippen LogP contribution in [0.3, 0.4) is 0 Å². The fourth-order valence-electron chi connectivity index (χ4n) is 2.36. The number of aromatic nitrogens is 1. The molecule has 11 heteroatoms. The summed E-state index contributed by atoms with van der Waals surface area (Å²) in [6, 6.07) is 6.44. The van der Waals surface area contributed by atoms with Crippen molar-refractivity contribution in [2.45, 2.75) is 25.8 Å². The average molecular weight is 426 g/mol. The highest BCUT2D eigenvalue weighted by Crippen LogP contribution is 2.23. The van der Waals surface area contributed by atoms with E-state index in [4.69, 9.17) is 0 Å². The summed E-state index contributed by atoms with van der Waals surface area (Å²) in [4.78, 5) is 27.9. The molecule has 0 radical (unpaired) electrons. The van der Waals surface area contributed by atoms with Crippen LogP contribution in [0.1, 0.15) is 29.2 Å². The summed E-state index contributed by atoms with van der Waals surface area (Å²) in [6.45, 7) is 1.78. The lowest BCUT2D eigenvalue weighted by Gasteiger charge is -2.17. The van der Waals surface area contributed by atoms with E-state index >= 15 is 0 Å². The maximum Gasteiger partial charge on any atom is 0.407 e. The lowest BCUT2D eigenvalue weighted by molar-refractivity contribution is -0.120. The van der Waals surface area contributed by atoms with Crippen LogP contribution in [0.5, 0.6) is 0 Å². The van der Waals surface area contributed by atoms with E-state index < -0.39 is 17.4 Å². The van der Waals surface area contributed by atoms with Crippen LogP contribution in [0.25, 0.3) is 0 Å². The van der Waals surface area contributed by atoms with Gasteiger partial charge < -0.3 is 24.6 Å². The Kier molecular flexibility index (Phi) is 8.36. The van der Waals surface area contributed by atoms with Gasteiger partial charge in [-0.05, 0) is 30.5 Å². The topological polar surface area (TPSA) is 132 Å². The van der Waals surface area contributed by atoms with Crippen LogP contribution in [0.4, 0.5) is 10.5 Å². The molecule has 0 saturated heterocycles. The first kappa shape index (κ1) is 21.8. The first-order valence-corrected chi connectivity index (χ1v) is 10.4. The highest BCUT2D eigenvalue weighted by molar-refractivity contribution is 7.80. The number of aryl methyl sites for hydroxylation is 1. The van der Waals surface area contributed by atoms with E-state index in [0.717, 1.165) is 22.7 Å². The monoisotopic (exact) mass is 425 g/mol. The second kappa shape index (κ2) is 10.7. The molecule has 28 heavy (non-hydrogen) atoms. The van der Waals surface area contributed by atoms with Gasteiger partial charge in [0.15, 0.2) is 0 Å². The summed E-state index contributed by atoms with van der Waals surface area (Å²) in [6.07, 6.45) is 0.558. The van der Waals surface area contributed by atoms with Gasteiger partial charge in [-0.15, -0.1) is 11.3 Å². The van der Waals surface area contributed by atoms with Crippen LogP contribution in [-0.2, 0) is 33.6 Å².